The molecule has 0 radical (unpaired) electrons. The van der Waals surface area contributed by atoms with Gasteiger partial charge in [0, 0.05) is 12.4 Å². The largest absolute Gasteiger partial charge is 0.307 e. The van der Waals surface area contributed by atoms with Gasteiger partial charge in [-0.25, -0.2) is 0 Å². The third-order valence-corrected chi connectivity index (χ3v) is 0.789. The van der Waals surface area contributed by atoms with E-state index in [-0.39, 0.29) is 0 Å². The molecule has 0 aliphatic rings. The van der Waals surface area contributed by atoms with Crippen LogP contribution >= 0.6 is 0 Å². The van der Waals surface area contributed by atoms with E-state index in [1.54, 1.807) is 13.1 Å². The standard InChI is InChI=1S/C7H13N3/c1-6(2)5-9-10-7(3)4-8/h4-6,8H,1-3H3/b8-4?,9-5-,10-7-. The van der Waals surface area contributed by atoms with E-state index in [0.717, 1.165) is 0 Å². The van der Waals surface area contributed by atoms with Gasteiger partial charge in [0.2, 0.25) is 0 Å². The summed E-state index contributed by atoms with van der Waals surface area (Å²) in [7, 11) is 0. The Morgan fingerprint density at radius 1 is 1.50 bits per heavy atom. The van der Waals surface area contributed by atoms with Crippen LogP contribution in [0.3, 0.4) is 0 Å². The van der Waals surface area contributed by atoms with Crippen LogP contribution in [-0.4, -0.2) is 18.1 Å². The number of rotatable bonds is 3. The molecule has 0 rings (SSSR count). The molecular weight excluding hydrogens is 126 g/mol. The average molecular weight is 139 g/mol. The van der Waals surface area contributed by atoms with Crippen LogP contribution in [0.2, 0.25) is 0 Å². The molecule has 56 valence electrons. The van der Waals surface area contributed by atoms with Crippen LogP contribution < -0.4 is 0 Å². The molecule has 3 heteroatoms. The first-order chi connectivity index (χ1) is 4.66. The first kappa shape index (κ1) is 9.01. The second-order valence-corrected chi connectivity index (χ2v) is 2.39. The summed E-state index contributed by atoms with van der Waals surface area (Å²) in [5.74, 6) is 0.419. The van der Waals surface area contributed by atoms with Crippen molar-refractivity contribution in [2.24, 2.45) is 16.1 Å². The van der Waals surface area contributed by atoms with Gasteiger partial charge in [-0.05, 0) is 12.8 Å². The van der Waals surface area contributed by atoms with E-state index in [0.29, 0.717) is 11.6 Å². The third-order valence-electron chi connectivity index (χ3n) is 0.789. The predicted octanol–water partition coefficient (Wildman–Crippen LogP) is 1.74. The maximum absolute atomic E-state index is 6.76. The zero-order valence-electron chi connectivity index (χ0n) is 6.63. The van der Waals surface area contributed by atoms with Gasteiger partial charge < -0.3 is 5.41 Å². The Morgan fingerprint density at radius 2 is 2.10 bits per heavy atom. The Hall–Kier alpha value is -0.990. The van der Waals surface area contributed by atoms with Crippen LogP contribution in [0.4, 0.5) is 0 Å². The highest BCUT2D eigenvalue weighted by Crippen LogP contribution is 1.85. The van der Waals surface area contributed by atoms with Crippen LogP contribution in [0.15, 0.2) is 10.2 Å². The van der Waals surface area contributed by atoms with Gasteiger partial charge in [-0.2, -0.15) is 10.2 Å². The van der Waals surface area contributed by atoms with Gasteiger partial charge >= 0.3 is 0 Å². The molecule has 0 bridgehead atoms. The molecule has 0 saturated heterocycles. The van der Waals surface area contributed by atoms with Crippen molar-refractivity contribution in [2.75, 3.05) is 0 Å². The highest BCUT2D eigenvalue weighted by molar-refractivity contribution is 6.28. The summed E-state index contributed by atoms with van der Waals surface area (Å²) in [6, 6.07) is 0. The van der Waals surface area contributed by atoms with E-state index in [1.165, 1.54) is 6.21 Å². The molecule has 0 amide bonds. The Balaban J connectivity index is 3.81. The van der Waals surface area contributed by atoms with Gasteiger partial charge in [0.25, 0.3) is 0 Å². The van der Waals surface area contributed by atoms with Gasteiger partial charge in [0.05, 0.1) is 5.71 Å². The molecule has 3 nitrogen and oxygen atoms in total. The molecule has 0 fully saturated rings. The highest BCUT2D eigenvalue weighted by atomic mass is 15.2. The minimum atomic E-state index is 0.419. The van der Waals surface area contributed by atoms with Crippen molar-refractivity contribution in [3.63, 3.8) is 0 Å². The molecular formula is C7H13N3. The minimum Gasteiger partial charge on any atom is -0.307 e. The Morgan fingerprint density at radius 3 is 2.50 bits per heavy atom. The normalized spacial score (nSPS) is 13.0. The Bertz CT molecular complexity index is 156. The summed E-state index contributed by atoms with van der Waals surface area (Å²) in [5, 5.41) is 14.2. The van der Waals surface area contributed by atoms with Gasteiger partial charge in [-0.1, -0.05) is 13.8 Å². The molecule has 0 heterocycles. The maximum Gasteiger partial charge on any atom is 0.0774 e. The van der Waals surface area contributed by atoms with Crippen LogP contribution in [0.5, 0.6) is 0 Å². The predicted molar refractivity (Wildman–Crippen MR) is 45.2 cm³/mol. The average Bonchev–Trinajstić information content (AvgIpc) is 1.87. The van der Waals surface area contributed by atoms with Crippen molar-refractivity contribution in [3.8, 4) is 0 Å². The second-order valence-electron chi connectivity index (χ2n) is 2.39. The van der Waals surface area contributed by atoms with Crippen LogP contribution in [0.1, 0.15) is 20.8 Å². The van der Waals surface area contributed by atoms with E-state index >= 15 is 0 Å². The van der Waals surface area contributed by atoms with Gasteiger partial charge in [0.1, 0.15) is 0 Å². The number of nitrogens with one attached hydrogen (secondary N) is 1. The summed E-state index contributed by atoms with van der Waals surface area (Å²) >= 11 is 0. The SMILES string of the molecule is C/C(C=N)=N/N=C\C(C)C. The topological polar surface area (TPSA) is 48.6 Å². The van der Waals surface area contributed by atoms with Crippen LogP contribution in [0.25, 0.3) is 0 Å². The number of nitrogens with zero attached hydrogens (tertiary/aromatic N) is 2. The first-order valence-electron chi connectivity index (χ1n) is 3.25. The number of hydrogen-bond acceptors (Lipinski definition) is 3. The lowest BCUT2D eigenvalue weighted by Crippen LogP contribution is -1.90. The van der Waals surface area contributed by atoms with E-state index < -0.39 is 0 Å². The molecule has 10 heavy (non-hydrogen) atoms. The van der Waals surface area contributed by atoms with Crippen molar-refractivity contribution < 1.29 is 0 Å². The maximum atomic E-state index is 6.76. The van der Waals surface area contributed by atoms with E-state index in [4.69, 9.17) is 5.41 Å². The van der Waals surface area contributed by atoms with E-state index in [2.05, 4.69) is 10.2 Å². The van der Waals surface area contributed by atoms with Crippen LogP contribution in [0, 0.1) is 11.3 Å². The molecule has 0 aromatic rings. The summed E-state index contributed by atoms with van der Waals surface area (Å²) in [5.41, 5.74) is 0.622. The van der Waals surface area contributed by atoms with Crippen molar-refractivity contribution in [1.82, 2.24) is 0 Å². The molecule has 0 saturated carbocycles. The van der Waals surface area contributed by atoms with Crippen LogP contribution in [-0.2, 0) is 0 Å². The number of hydrogen-bond donors (Lipinski definition) is 1. The second kappa shape index (κ2) is 4.85. The lowest BCUT2D eigenvalue weighted by Gasteiger charge is -1.88. The Labute approximate surface area is 61.4 Å². The first-order valence-corrected chi connectivity index (χ1v) is 3.25. The summed E-state index contributed by atoms with van der Waals surface area (Å²) in [6.45, 7) is 5.79. The smallest absolute Gasteiger partial charge is 0.0774 e. The lowest BCUT2D eigenvalue weighted by atomic mass is 10.3. The van der Waals surface area contributed by atoms with Crippen molar-refractivity contribution in [3.05, 3.63) is 0 Å². The zero-order chi connectivity index (χ0) is 7.98. The summed E-state index contributed by atoms with van der Waals surface area (Å²) in [4.78, 5) is 0. The molecule has 0 unspecified atom stereocenters. The zero-order valence-corrected chi connectivity index (χ0v) is 6.63. The Kier molecular flexibility index (Phi) is 4.37. The van der Waals surface area contributed by atoms with Gasteiger partial charge in [0.15, 0.2) is 0 Å². The fourth-order valence-electron chi connectivity index (χ4n) is 0.287. The third kappa shape index (κ3) is 5.15. The summed E-state index contributed by atoms with van der Waals surface area (Å²) < 4.78 is 0. The highest BCUT2D eigenvalue weighted by Gasteiger charge is 1.82. The lowest BCUT2D eigenvalue weighted by molar-refractivity contribution is 0.900. The quantitative estimate of drug-likeness (QED) is 0.457. The molecule has 0 spiro atoms. The minimum absolute atomic E-state index is 0.419. The molecule has 0 aliphatic heterocycles. The molecule has 1 N–H and O–H groups in total. The molecule has 0 aromatic carbocycles. The fraction of sp³-hybridized carbons (Fsp3) is 0.571. The van der Waals surface area contributed by atoms with E-state index in [1.807, 2.05) is 13.8 Å². The monoisotopic (exact) mass is 139 g/mol. The fourth-order valence-corrected chi connectivity index (χ4v) is 0.287. The van der Waals surface area contributed by atoms with Gasteiger partial charge in [-0.3, -0.25) is 0 Å². The van der Waals surface area contributed by atoms with E-state index in [9.17, 15) is 0 Å². The van der Waals surface area contributed by atoms with Crippen molar-refractivity contribution >= 4 is 18.1 Å². The molecule has 0 aliphatic carbocycles. The summed E-state index contributed by atoms with van der Waals surface area (Å²) in [6.07, 6.45) is 2.92. The van der Waals surface area contributed by atoms with Gasteiger partial charge in [-0.15, -0.1) is 0 Å². The van der Waals surface area contributed by atoms with Crippen molar-refractivity contribution in [2.45, 2.75) is 20.8 Å². The molecule has 0 aromatic heterocycles. The molecule has 0 atom stereocenters. The van der Waals surface area contributed by atoms with Crippen molar-refractivity contribution in [1.29, 1.82) is 5.41 Å².